The molecule has 0 aliphatic carbocycles. The van der Waals surface area contributed by atoms with Gasteiger partial charge in [-0.05, 0) is 36.4 Å². The van der Waals surface area contributed by atoms with Gasteiger partial charge in [-0.2, -0.15) is 0 Å². The highest BCUT2D eigenvalue weighted by Gasteiger charge is 2.16. The van der Waals surface area contributed by atoms with Crippen LogP contribution in [0.4, 0.5) is 0 Å². The summed E-state index contributed by atoms with van der Waals surface area (Å²) in [5.74, 6) is 0.0342. The lowest BCUT2D eigenvalue weighted by Gasteiger charge is -2.02. The summed E-state index contributed by atoms with van der Waals surface area (Å²) < 4.78 is 24.1. The Morgan fingerprint density at radius 3 is 2.19 bits per heavy atom. The van der Waals surface area contributed by atoms with E-state index < -0.39 is 9.84 Å². The van der Waals surface area contributed by atoms with Gasteiger partial charge in [0.15, 0.2) is 0 Å². The highest BCUT2D eigenvalue weighted by Crippen LogP contribution is 2.21. The minimum atomic E-state index is -3.52. The Bertz CT molecular complexity index is 571. The molecule has 80 valence electrons. The summed E-state index contributed by atoms with van der Waals surface area (Å²) in [6.07, 6.45) is 0. The lowest BCUT2D eigenvalue weighted by Crippen LogP contribution is -2.00. The van der Waals surface area contributed by atoms with Crippen molar-refractivity contribution < 1.29 is 13.5 Å². The first-order valence-electron chi connectivity index (χ1n) is 4.52. The highest BCUT2D eigenvalue weighted by atomic mass is 32.2. The molecule has 0 bridgehead atoms. The van der Waals surface area contributed by atoms with Gasteiger partial charge in [-0.1, -0.05) is 12.1 Å². The Labute approximate surface area is 93.9 Å². The van der Waals surface area contributed by atoms with E-state index in [2.05, 4.69) is 12.1 Å². The predicted octanol–water partition coefficient (Wildman–Crippen LogP) is 1.83. The number of hydrogen-bond donors (Lipinski definition) is 1. The van der Waals surface area contributed by atoms with Gasteiger partial charge in [0, 0.05) is 6.07 Å². The van der Waals surface area contributed by atoms with Gasteiger partial charge in [0.1, 0.15) is 5.75 Å². The average Bonchev–Trinajstić information content (AvgIpc) is 2.31. The van der Waals surface area contributed by atoms with Crippen LogP contribution in [0.1, 0.15) is 0 Å². The van der Waals surface area contributed by atoms with Gasteiger partial charge in [-0.15, -0.1) is 0 Å². The van der Waals surface area contributed by atoms with Gasteiger partial charge in [0.05, 0.1) is 9.79 Å². The van der Waals surface area contributed by atoms with Crippen molar-refractivity contribution in [3.8, 4) is 5.75 Å². The third kappa shape index (κ3) is 1.86. The van der Waals surface area contributed by atoms with E-state index in [0.717, 1.165) is 0 Å². The van der Waals surface area contributed by atoms with E-state index in [0.29, 0.717) is 0 Å². The van der Waals surface area contributed by atoms with E-state index in [1.165, 1.54) is 42.5 Å². The molecule has 0 saturated carbocycles. The third-order valence-electron chi connectivity index (χ3n) is 2.09. The molecule has 0 fully saturated rings. The first-order chi connectivity index (χ1) is 7.60. The molecule has 0 amide bonds. The molecule has 3 nitrogen and oxygen atoms in total. The monoisotopic (exact) mass is 232 g/mol. The number of phenols is 1. The van der Waals surface area contributed by atoms with Crippen LogP contribution < -0.4 is 0 Å². The Hall–Kier alpha value is -1.99. The zero-order chi connectivity index (χ0) is 11.6. The summed E-state index contributed by atoms with van der Waals surface area (Å²) in [5, 5.41) is 9.09. The molecule has 1 N–H and O–H groups in total. The van der Waals surface area contributed by atoms with Crippen LogP contribution in [0.5, 0.6) is 5.75 Å². The van der Waals surface area contributed by atoms with E-state index in [1.54, 1.807) is 0 Å². The van der Waals surface area contributed by atoms with E-state index in [4.69, 9.17) is 5.11 Å². The average molecular weight is 232 g/mol. The molecule has 0 atom stereocenters. The van der Waals surface area contributed by atoms with Gasteiger partial charge in [-0.25, -0.2) is 8.42 Å². The maximum Gasteiger partial charge on any atom is 0.207 e. The molecular weight excluding hydrogens is 224 g/mol. The van der Waals surface area contributed by atoms with Crippen molar-refractivity contribution in [3.05, 3.63) is 54.6 Å². The fraction of sp³-hybridized carbons (Fsp3) is 0. The Morgan fingerprint density at radius 1 is 0.938 bits per heavy atom. The van der Waals surface area contributed by atoms with Crippen molar-refractivity contribution in [3.63, 3.8) is 0 Å². The first kappa shape index (κ1) is 10.5. The Kier molecular flexibility index (Phi) is 2.55. The first-order valence-corrected chi connectivity index (χ1v) is 6.01. The zero-order valence-electron chi connectivity index (χ0n) is 8.21. The van der Waals surface area contributed by atoms with E-state index in [1.807, 2.05) is 0 Å². The van der Waals surface area contributed by atoms with Crippen LogP contribution in [-0.4, -0.2) is 13.5 Å². The predicted molar refractivity (Wildman–Crippen MR) is 57.7 cm³/mol. The van der Waals surface area contributed by atoms with Gasteiger partial charge in [0.25, 0.3) is 0 Å². The number of aromatic hydroxyl groups is 1. The van der Waals surface area contributed by atoms with Crippen LogP contribution in [0.3, 0.4) is 0 Å². The quantitative estimate of drug-likeness (QED) is 0.859. The van der Waals surface area contributed by atoms with Crippen LogP contribution in [0.15, 0.2) is 52.3 Å². The summed E-state index contributed by atoms with van der Waals surface area (Å²) in [7, 11) is -3.52. The Balaban J connectivity index is 2.52. The standard InChI is InChI=1S/C12H8O3S/c13-10-6-8-12(9-7-10)16(14,15)11-4-2-1-3-5-11/h2,4-9,13H. The molecule has 4 heteroatoms. The van der Waals surface area contributed by atoms with E-state index >= 15 is 0 Å². The molecule has 0 aliphatic heterocycles. The smallest absolute Gasteiger partial charge is 0.207 e. The van der Waals surface area contributed by atoms with Gasteiger partial charge >= 0.3 is 0 Å². The van der Waals surface area contributed by atoms with Crippen LogP contribution in [0, 0.1) is 12.1 Å². The zero-order valence-corrected chi connectivity index (χ0v) is 9.03. The summed E-state index contributed by atoms with van der Waals surface area (Å²) in [6, 6.07) is 14.9. The Morgan fingerprint density at radius 2 is 1.62 bits per heavy atom. The molecule has 0 aromatic heterocycles. The highest BCUT2D eigenvalue weighted by molar-refractivity contribution is 7.91. The van der Waals surface area contributed by atoms with Crippen molar-refractivity contribution in [2.45, 2.75) is 9.79 Å². The van der Waals surface area contributed by atoms with E-state index in [-0.39, 0.29) is 15.5 Å². The SMILES string of the molecule is O=S(=O)(c1cc#ccc1)c1ccc(O)cc1. The van der Waals surface area contributed by atoms with Crippen LogP contribution in [0.2, 0.25) is 0 Å². The molecule has 0 aliphatic rings. The lowest BCUT2D eigenvalue weighted by molar-refractivity contribution is 0.475. The van der Waals surface area contributed by atoms with Crippen molar-refractivity contribution in [2.75, 3.05) is 0 Å². The molecule has 0 saturated heterocycles. The molecule has 16 heavy (non-hydrogen) atoms. The number of benzene rings is 1. The van der Waals surface area contributed by atoms with E-state index in [9.17, 15) is 8.42 Å². The topological polar surface area (TPSA) is 54.4 Å². The number of phenolic OH excluding ortho intramolecular Hbond substituents is 1. The molecule has 0 radical (unpaired) electrons. The van der Waals surface area contributed by atoms with Crippen LogP contribution in [-0.2, 0) is 9.84 Å². The number of rotatable bonds is 2. The van der Waals surface area contributed by atoms with Gasteiger partial charge in [-0.3, -0.25) is 0 Å². The minimum absolute atomic E-state index is 0.0342. The van der Waals surface area contributed by atoms with Gasteiger partial charge in [0.2, 0.25) is 9.84 Å². The minimum Gasteiger partial charge on any atom is -0.508 e. The third-order valence-corrected chi connectivity index (χ3v) is 3.85. The normalized spacial score (nSPS) is 10.8. The van der Waals surface area contributed by atoms with Crippen molar-refractivity contribution in [2.24, 2.45) is 0 Å². The fourth-order valence-electron chi connectivity index (χ4n) is 1.26. The maximum absolute atomic E-state index is 12.0. The lowest BCUT2D eigenvalue weighted by atomic mass is 10.3. The van der Waals surface area contributed by atoms with Crippen molar-refractivity contribution in [1.82, 2.24) is 0 Å². The second-order valence-corrected chi connectivity index (χ2v) is 5.12. The number of sulfone groups is 1. The molecular formula is C12H8O3S. The summed E-state index contributed by atoms with van der Waals surface area (Å²) >= 11 is 0. The maximum atomic E-state index is 12.0. The molecule has 2 aromatic carbocycles. The molecule has 2 rings (SSSR count). The summed E-state index contributed by atoms with van der Waals surface area (Å²) in [6.45, 7) is 0. The fourth-order valence-corrected chi connectivity index (χ4v) is 2.49. The van der Waals surface area contributed by atoms with Crippen LogP contribution >= 0.6 is 0 Å². The second-order valence-electron chi connectivity index (χ2n) is 3.17. The second kappa shape index (κ2) is 3.87. The van der Waals surface area contributed by atoms with Crippen molar-refractivity contribution in [1.29, 1.82) is 0 Å². The largest absolute Gasteiger partial charge is 0.508 e. The van der Waals surface area contributed by atoms with Gasteiger partial charge < -0.3 is 5.11 Å². The molecule has 0 unspecified atom stereocenters. The number of hydrogen-bond acceptors (Lipinski definition) is 3. The van der Waals surface area contributed by atoms with Crippen LogP contribution in [0.25, 0.3) is 0 Å². The summed E-state index contributed by atoms with van der Waals surface area (Å²) in [5.41, 5.74) is 0. The van der Waals surface area contributed by atoms with Crippen molar-refractivity contribution >= 4 is 9.84 Å². The molecule has 0 spiro atoms. The summed E-state index contributed by atoms with van der Waals surface area (Å²) in [4.78, 5) is 0.307. The molecule has 2 aromatic rings. The molecule has 0 heterocycles.